The summed E-state index contributed by atoms with van der Waals surface area (Å²) >= 11 is 0. The first-order valence-corrected chi connectivity index (χ1v) is 7.12. The molecule has 4 nitrogen and oxygen atoms in total. The number of fused-ring (bicyclic) bond motifs is 1. The molecule has 0 bridgehead atoms. The zero-order valence-corrected chi connectivity index (χ0v) is 11.6. The number of hydrogen-bond donors (Lipinski definition) is 1. The van der Waals surface area contributed by atoms with E-state index in [9.17, 15) is 4.79 Å². The van der Waals surface area contributed by atoms with E-state index in [1.165, 1.54) is 19.3 Å². The van der Waals surface area contributed by atoms with E-state index in [-0.39, 0.29) is 5.91 Å². The maximum absolute atomic E-state index is 12.6. The van der Waals surface area contributed by atoms with Gasteiger partial charge < -0.3 is 10.2 Å². The van der Waals surface area contributed by atoms with E-state index in [0.717, 1.165) is 36.3 Å². The van der Waals surface area contributed by atoms with Crippen LogP contribution in [0.25, 0.3) is 0 Å². The van der Waals surface area contributed by atoms with Gasteiger partial charge in [-0.3, -0.25) is 9.78 Å². The van der Waals surface area contributed by atoms with Crippen LogP contribution in [-0.4, -0.2) is 35.9 Å². The van der Waals surface area contributed by atoms with Gasteiger partial charge in [-0.25, -0.2) is 0 Å². The maximum atomic E-state index is 12.6. The largest absolute Gasteiger partial charge is 0.387 e. The highest BCUT2D eigenvalue weighted by Crippen LogP contribution is 2.38. The van der Waals surface area contributed by atoms with Gasteiger partial charge in [0.05, 0.1) is 11.3 Å². The second-order valence-corrected chi connectivity index (χ2v) is 5.78. The molecule has 1 aliphatic heterocycles. The molecule has 102 valence electrons. The number of carbonyl (C=O) groups is 1. The molecule has 2 fully saturated rings. The number of hydrogen-bond acceptors (Lipinski definition) is 3. The van der Waals surface area contributed by atoms with E-state index < -0.39 is 0 Å². The number of rotatable bonds is 2. The standard InChI is InChI=1S/C15H21N3O/c1-10-6-14(16-2)13(7-17-10)15(19)18-8-11-4-3-5-12(11)9-18/h6-7,11-12H,3-5,8-9H2,1-2H3,(H,16,17). The van der Waals surface area contributed by atoms with Crippen LogP contribution in [0.2, 0.25) is 0 Å². The Morgan fingerprint density at radius 1 is 1.37 bits per heavy atom. The normalized spacial score (nSPS) is 25.5. The van der Waals surface area contributed by atoms with Gasteiger partial charge in [-0.1, -0.05) is 6.42 Å². The number of carbonyl (C=O) groups excluding carboxylic acids is 1. The van der Waals surface area contributed by atoms with Gasteiger partial charge in [-0.2, -0.15) is 0 Å². The minimum Gasteiger partial charge on any atom is -0.387 e. The first kappa shape index (κ1) is 12.5. The zero-order chi connectivity index (χ0) is 13.4. The second kappa shape index (κ2) is 4.83. The summed E-state index contributed by atoms with van der Waals surface area (Å²) in [4.78, 5) is 18.9. The summed E-state index contributed by atoms with van der Waals surface area (Å²) in [5.41, 5.74) is 2.52. The summed E-state index contributed by atoms with van der Waals surface area (Å²) in [6.07, 6.45) is 5.63. The van der Waals surface area contributed by atoms with Crippen molar-refractivity contribution in [2.24, 2.45) is 11.8 Å². The zero-order valence-electron chi connectivity index (χ0n) is 11.6. The first-order chi connectivity index (χ1) is 9.19. The lowest BCUT2D eigenvalue weighted by Gasteiger charge is -2.19. The fraction of sp³-hybridized carbons (Fsp3) is 0.600. The quantitative estimate of drug-likeness (QED) is 0.886. The predicted molar refractivity (Wildman–Crippen MR) is 75.3 cm³/mol. The third-order valence-electron chi connectivity index (χ3n) is 4.55. The van der Waals surface area contributed by atoms with Crippen molar-refractivity contribution in [1.82, 2.24) is 9.88 Å². The molecular weight excluding hydrogens is 238 g/mol. The van der Waals surface area contributed by atoms with E-state index >= 15 is 0 Å². The summed E-state index contributed by atoms with van der Waals surface area (Å²) in [6.45, 7) is 3.80. The molecule has 19 heavy (non-hydrogen) atoms. The highest BCUT2D eigenvalue weighted by molar-refractivity contribution is 5.99. The number of pyridine rings is 1. The molecule has 1 aliphatic carbocycles. The minimum absolute atomic E-state index is 0.131. The summed E-state index contributed by atoms with van der Waals surface area (Å²) in [7, 11) is 1.85. The fourth-order valence-corrected chi connectivity index (χ4v) is 3.51. The number of nitrogens with zero attached hydrogens (tertiary/aromatic N) is 2. The SMILES string of the molecule is CNc1cc(C)ncc1C(=O)N1CC2CCCC2C1. The van der Waals surface area contributed by atoms with Crippen molar-refractivity contribution >= 4 is 11.6 Å². The number of nitrogens with one attached hydrogen (secondary N) is 1. The molecule has 2 atom stereocenters. The molecule has 0 spiro atoms. The van der Waals surface area contributed by atoms with Gasteiger partial charge in [-0.05, 0) is 37.7 Å². The van der Waals surface area contributed by atoms with Gasteiger partial charge in [0.25, 0.3) is 5.91 Å². The van der Waals surface area contributed by atoms with Crippen LogP contribution in [-0.2, 0) is 0 Å². The Hall–Kier alpha value is -1.58. The van der Waals surface area contributed by atoms with E-state index in [0.29, 0.717) is 5.56 Å². The number of amides is 1. The summed E-state index contributed by atoms with van der Waals surface area (Å²) < 4.78 is 0. The lowest BCUT2D eigenvalue weighted by atomic mass is 10.0. The van der Waals surface area contributed by atoms with E-state index in [2.05, 4.69) is 10.3 Å². The Labute approximate surface area is 114 Å². The molecule has 2 aliphatic rings. The molecule has 4 heteroatoms. The molecule has 1 aromatic heterocycles. The second-order valence-electron chi connectivity index (χ2n) is 5.78. The first-order valence-electron chi connectivity index (χ1n) is 7.12. The number of aromatic nitrogens is 1. The van der Waals surface area contributed by atoms with E-state index in [1.807, 2.05) is 24.9 Å². The third kappa shape index (κ3) is 2.20. The molecule has 1 aromatic rings. The Balaban J connectivity index is 1.81. The van der Waals surface area contributed by atoms with Crippen LogP contribution in [0.4, 0.5) is 5.69 Å². The van der Waals surface area contributed by atoms with E-state index in [4.69, 9.17) is 0 Å². The molecule has 2 unspecified atom stereocenters. The van der Waals surface area contributed by atoms with Crippen molar-refractivity contribution in [3.63, 3.8) is 0 Å². The van der Waals surface area contributed by atoms with Gasteiger partial charge in [0.2, 0.25) is 0 Å². The molecular formula is C15H21N3O. The molecule has 3 rings (SSSR count). The lowest BCUT2D eigenvalue weighted by Crippen LogP contribution is -2.30. The van der Waals surface area contributed by atoms with Crippen LogP contribution in [0.1, 0.15) is 35.3 Å². The van der Waals surface area contributed by atoms with Crippen molar-refractivity contribution in [2.45, 2.75) is 26.2 Å². The highest BCUT2D eigenvalue weighted by atomic mass is 16.2. The number of aryl methyl sites for hydroxylation is 1. The van der Waals surface area contributed by atoms with Crippen molar-refractivity contribution in [1.29, 1.82) is 0 Å². The monoisotopic (exact) mass is 259 g/mol. The molecule has 0 aromatic carbocycles. The maximum Gasteiger partial charge on any atom is 0.257 e. The van der Waals surface area contributed by atoms with Gasteiger partial charge in [0.1, 0.15) is 0 Å². The van der Waals surface area contributed by atoms with Crippen LogP contribution in [0, 0.1) is 18.8 Å². The highest BCUT2D eigenvalue weighted by Gasteiger charge is 2.38. The molecule has 1 saturated heterocycles. The topological polar surface area (TPSA) is 45.2 Å². The van der Waals surface area contributed by atoms with E-state index in [1.54, 1.807) is 6.20 Å². The molecule has 1 N–H and O–H groups in total. The molecule has 1 amide bonds. The van der Waals surface area contributed by atoms with Crippen molar-refractivity contribution in [2.75, 3.05) is 25.5 Å². The lowest BCUT2D eigenvalue weighted by molar-refractivity contribution is 0.0781. The van der Waals surface area contributed by atoms with Crippen molar-refractivity contribution in [3.05, 3.63) is 23.5 Å². The van der Waals surface area contributed by atoms with Gasteiger partial charge in [0.15, 0.2) is 0 Å². The van der Waals surface area contributed by atoms with Gasteiger partial charge in [0, 0.05) is 32.0 Å². The summed E-state index contributed by atoms with van der Waals surface area (Å²) in [5.74, 6) is 1.60. The summed E-state index contributed by atoms with van der Waals surface area (Å²) in [6, 6.07) is 1.93. The van der Waals surface area contributed by atoms with Crippen LogP contribution >= 0.6 is 0 Å². The van der Waals surface area contributed by atoms with Crippen LogP contribution in [0.15, 0.2) is 12.3 Å². The van der Waals surface area contributed by atoms with Crippen molar-refractivity contribution < 1.29 is 4.79 Å². The summed E-state index contributed by atoms with van der Waals surface area (Å²) in [5, 5.41) is 3.10. The minimum atomic E-state index is 0.131. The van der Waals surface area contributed by atoms with Crippen molar-refractivity contribution in [3.8, 4) is 0 Å². The third-order valence-corrected chi connectivity index (χ3v) is 4.55. The van der Waals surface area contributed by atoms with Crippen LogP contribution in [0.5, 0.6) is 0 Å². The smallest absolute Gasteiger partial charge is 0.257 e. The average Bonchev–Trinajstić information content (AvgIpc) is 2.98. The Morgan fingerprint density at radius 2 is 2.05 bits per heavy atom. The van der Waals surface area contributed by atoms with Crippen LogP contribution in [0.3, 0.4) is 0 Å². The number of anilines is 1. The van der Waals surface area contributed by atoms with Gasteiger partial charge in [-0.15, -0.1) is 0 Å². The molecule has 1 saturated carbocycles. The molecule has 0 radical (unpaired) electrons. The number of likely N-dealkylation sites (tertiary alicyclic amines) is 1. The Kier molecular flexibility index (Phi) is 3.17. The average molecular weight is 259 g/mol. The van der Waals surface area contributed by atoms with Gasteiger partial charge >= 0.3 is 0 Å². The Morgan fingerprint density at radius 3 is 2.68 bits per heavy atom. The predicted octanol–water partition coefficient (Wildman–Crippen LogP) is 2.30. The Bertz CT molecular complexity index is 488. The molecule has 2 heterocycles. The van der Waals surface area contributed by atoms with Crippen LogP contribution < -0.4 is 5.32 Å². The fourth-order valence-electron chi connectivity index (χ4n) is 3.51.